The first-order valence-corrected chi connectivity index (χ1v) is 10.5. The van der Waals surface area contributed by atoms with Crippen molar-refractivity contribution < 1.29 is 4.74 Å². The predicted octanol–water partition coefficient (Wildman–Crippen LogP) is 7.49. The van der Waals surface area contributed by atoms with Crippen molar-refractivity contribution in [2.24, 2.45) is 5.92 Å². The first-order valence-electron chi connectivity index (χ1n) is 10.5. The molecule has 0 bridgehead atoms. The van der Waals surface area contributed by atoms with E-state index in [-0.39, 0.29) is 0 Å². The lowest BCUT2D eigenvalue weighted by molar-refractivity contribution is 0.306. The zero-order chi connectivity index (χ0) is 18.5. The van der Waals surface area contributed by atoms with E-state index in [2.05, 4.69) is 67.6 Å². The Bertz CT molecular complexity index is 860. The number of rotatable bonds is 6. The maximum Gasteiger partial charge on any atom is 0.120 e. The molecule has 3 aromatic rings. The van der Waals surface area contributed by atoms with Gasteiger partial charge in [0, 0.05) is 0 Å². The molecular formula is C26H30O. The lowest BCUT2D eigenvalue weighted by Crippen LogP contribution is -2.13. The third kappa shape index (κ3) is 4.53. The Morgan fingerprint density at radius 1 is 0.815 bits per heavy atom. The van der Waals surface area contributed by atoms with Gasteiger partial charge in [-0.2, -0.15) is 0 Å². The van der Waals surface area contributed by atoms with E-state index in [0.29, 0.717) is 6.61 Å². The van der Waals surface area contributed by atoms with Gasteiger partial charge < -0.3 is 4.74 Å². The molecule has 0 N–H and O–H groups in total. The summed E-state index contributed by atoms with van der Waals surface area (Å²) in [7, 11) is 0. The van der Waals surface area contributed by atoms with Gasteiger partial charge in [0.15, 0.2) is 0 Å². The first kappa shape index (κ1) is 18.1. The van der Waals surface area contributed by atoms with Crippen molar-refractivity contribution in [3.05, 3.63) is 77.9 Å². The van der Waals surface area contributed by atoms with Crippen LogP contribution < -0.4 is 4.74 Å². The monoisotopic (exact) mass is 358 g/mol. The van der Waals surface area contributed by atoms with E-state index in [1.807, 2.05) is 6.07 Å². The van der Waals surface area contributed by atoms with E-state index in [9.17, 15) is 0 Å². The van der Waals surface area contributed by atoms with Crippen molar-refractivity contribution in [1.29, 1.82) is 0 Å². The van der Waals surface area contributed by atoms with E-state index in [1.54, 1.807) is 0 Å². The van der Waals surface area contributed by atoms with Crippen molar-refractivity contribution in [2.45, 2.75) is 58.0 Å². The highest BCUT2D eigenvalue weighted by Crippen LogP contribution is 2.38. The summed E-state index contributed by atoms with van der Waals surface area (Å²) in [5.74, 6) is 2.66. The van der Waals surface area contributed by atoms with Crippen molar-refractivity contribution in [2.75, 3.05) is 0 Å². The van der Waals surface area contributed by atoms with Gasteiger partial charge in [-0.3, -0.25) is 0 Å². The van der Waals surface area contributed by atoms with Crippen LogP contribution in [0.4, 0.5) is 0 Å². The summed E-state index contributed by atoms with van der Waals surface area (Å²) in [6.45, 7) is 2.93. The van der Waals surface area contributed by atoms with Gasteiger partial charge >= 0.3 is 0 Å². The molecule has 1 nitrogen and oxygen atoms in total. The van der Waals surface area contributed by atoms with Crippen LogP contribution in [0.1, 0.15) is 62.5 Å². The fraction of sp³-hybridized carbons (Fsp3) is 0.385. The van der Waals surface area contributed by atoms with Gasteiger partial charge in [-0.1, -0.05) is 74.4 Å². The maximum absolute atomic E-state index is 5.98. The van der Waals surface area contributed by atoms with Crippen LogP contribution >= 0.6 is 0 Å². The van der Waals surface area contributed by atoms with Crippen molar-refractivity contribution >= 4 is 10.8 Å². The molecule has 1 aliphatic rings. The number of hydrogen-bond acceptors (Lipinski definition) is 1. The van der Waals surface area contributed by atoms with Gasteiger partial charge in [-0.25, -0.2) is 0 Å². The SMILES string of the molecule is CCCC1CCC(c2ccc3cc(OCc4ccccc4)ccc3c2)CC1. The zero-order valence-corrected chi connectivity index (χ0v) is 16.4. The molecule has 3 aromatic carbocycles. The molecule has 0 unspecified atom stereocenters. The molecule has 4 rings (SSSR count). The standard InChI is InChI=1S/C26H30O/c1-2-6-20-9-11-22(12-10-20)23-13-14-25-18-26(16-15-24(25)17-23)27-19-21-7-4-3-5-8-21/h3-5,7-8,13-18,20,22H,2,6,9-12,19H2,1H3. The van der Waals surface area contributed by atoms with Gasteiger partial charge in [0.05, 0.1) is 0 Å². The second-order valence-electron chi connectivity index (χ2n) is 8.05. The second kappa shape index (κ2) is 8.61. The van der Waals surface area contributed by atoms with E-state index >= 15 is 0 Å². The van der Waals surface area contributed by atoms with E-state index in [0.717, 1.165) is 17.6 Å². The van der Waals surface area contributed by atoms with Crippen LogP contribution in [0.5, 0.6) is 5.75 Å². The van der Waals surface area contributed by atoms with Crippen LogP contribution in [0.3, 0.4) is 0 Å². The Morgan fingerprint density at radius 3 is 2.33 bits per heavy atom. The fourth-order valence-corrected chi connectivity index (χ4v) is 4.52. The molecule has 0 saturated heterocycles. The summed E-state index contributed by atoms with van der Waals surface area (Å²) in [6.07, 6.45) is 8.27. The Balaban J connectivity index is 1.43. The topological polar surface area (TPSA) is 9.23 Å². The molecule has 140 valence electrons. The summed E-state index contributed by atoms with van der Waals surface area (Å²) in [5.41, 5.74) is 2.72. The summed E-state index contributed by atoms with van der Waals surface area (Å²) in [5, 5.41) is 2.60. The van der Waals surface area contributed by atoms with Crippen molar-refractivity contribution in [3.8, 4) is 5.75 Å². The highest BCUT2D eigenvalue weighted by atomic mass is 16.5. The minimum atomic E-state index is 0.616. The van der Waals surface area contributed by atoms with Gasteiger partial charge in [-0.15, -0.1) is 0 Å². The highest BCUT2D eigenvalue weighted by molar-refractivity contribution is 5.84. The molecule has 0 aliphatic heterocycles. The molecule has 0 amide bonds. The van der Waals surface area contributed by atoms with Crippen LogP contribution in [0, 0.1) is 5.92 Å². The molecule has 0 aromatic heterocycles. The maximum atomic E-state index is 5.98. The van der Waals surface area contributed by atoms with Gasteiger partial charge in [0.2, 0.25) is 0 Å². The van der Waals surface area contributed by atoms with E-state index < -0.39 is 0 Å². The molecule has 0 spiro atoms. The highest BCUT2D eigenvalue weighted by Gasteiger charge is 2.21. The van der Waals surface area contributed by atoms with Crippen LogP contribution in [0.25, 0.3) is 10.8 Å². The average molecular weight is 359 g/mol. The molecule has 0 atom stereocenters. The molecule has 1 saturated carbocycles. The molecule has 0 heterocycles. The first-order chi connectivity index (χ1) is 13.3. The molecule has 0 radical (unpaired) electrons. The molecule has 1 aliphatic carbocycles. The average Bonchev–Trinajstić information content (AvgIpc) is 2.73. The second-order valence-corrected chi connectivity index (χ2v) is 8.05. The Kier molecular flexibility index (Phi) is 5.77. The van der Waals surface area contributed by atoms with Crippen LogP contribution in [0.2, 0.25) is 0 Å². The van der Waals surface area contributed by atoms with Gasteiger partial charge in [-0.05, 0) is 71.6 Å². The Hall–Kier alpha value is -2.28. The van der Waals surface area contributed by atoms with Crippen molar-refractivity contribution in [3.63, 3.8) is 0 Å². The van der Waals surface area contributed by atoms with Crippen LogP contribution in [0.15, 0.2) is 66.7 Å². The summed E-state index contributed by atoms with van der Waals surface area (Å²) in [6, 6.07) is 23.8. The molecule has 27 heavy (non-hydrogen) atoms. The van der Waals surface area contributed by atoms with Crippen molar-refractivity contribution in [1.82, 2.24) is 0 Å². The normalized spacial score (nSPS) is 19.9. The van der Waals surface area contributed by atoms with Crippen LogP contribution in [-0.2, 0) is 6.61 Å². The van der Waals surface area contributed by atoms with Gasteiger partial charge in [0.25, 0.3) is 0 Å². The number of hydrogen-bond donors (Lipinski definition) is 0. The predicted molar refractivity (Wildman–Crippen MR) is 114 cm³/mol. The van der Waals surface area contributed by atoms with E-state index in [1.165, 1.54) is 60.4 Å². The number of benzene rings is 3. The minimum absolute atomic E-state index is 0.616. The third-order valence-electron chi connectivity index (χ3n) is 6.10. The smallest absolute Gasteiger partial charge is 0.120 e. The number of ether oxygens (including phenoxy) is 1. The number of fused-ring (bicyclic) bond motifs is 1. The largest absolute Gasteiger partial charge is 0.489 e. The fourth-order valence-electron chi connectivity index (χ4n) is 4.52. The molecule has 1 heteroatoms. The Labute approximate surface area is 163 Å². The molecular weight excluding hydrogens is 328 g/mol. The third-order valence-corrected chi connectivity index (χ3v) is 6.10. The summed E-state index contributed by atoms with van der Waals surface area (Å²) < 4.78 is 5.98. The lowest BCUT2D eigenvalue weighted by Gasteiger charge is -2.28. The van der Waals surface area contributed by atoms with E-state index in [4.69, 9.17) is 4.74 Å². The quantitative estimate of drug-likeness (QED) is 0.443. The summed E-state index contributed by atoms with van der Waals surface area (Å²) >= 11 is 0. The Morgan fingerprint density at radius 2 is 1.56 bits per heavy atom. The van der Waals surface area contributed by atoms with Gasteiger partial charge in [0.1, 0.15) is 12.4 Å². The van der Waals surface area contributed by atoms with Crippen LogP contribution in [-0.4, -0.2) is 0 Å². The summed E-state index contributed by atoms with van der Waals surface area (Å²) in [4.78, 5) is 0. The zero-order valence-electron chi connectivity index (χ0n) is 16.4. The lowest BCUT2D eigenvalue weighted by atomic mass is 9.77. The minimum Gasteiger partial charge on any atom is -0.489 e. The molecule has 1 fully saturated rings.